The van der Waals surface area contributed by atoms with Crippen molar-refractivity contribution in [1.29, 1.82) is 0 Å². The minimum Gasteiger partial charge on any atom is -0.350 e. The van der Waals surface area contributed by atoms with E-state index in [2.05, 4.69) is 19.2 Å². The smallest absolute Gasteiger partial charge is 0.252 e. The summed E-state index contributed by atoms with van der Waals surface area (Å²) < 4.78 is 23.4. The van der Waals surface area contributed by atoms with Crippen LogP contribution in [0.5, 0.6) is 0 Å². The van der Waals surface area contributed by atoms with Crippen molar-refractivity contribution in [3.63, 3.8) is 0 Å². The molecular weight excluding hydrogens is 286 g/mol. The number of hydrogen-bond acceptors (Lipinski definition) is 3. The Balaban J connectivity index is 2.72. The van der Waals surface area contributed by atoms with Gasteiger partial charge in [-0.05, 0) is 31.4 Å². The van der Waals surface area contributed by atoms with E-state index in [4.69, 9.17) is 0 Å². The molecule has 0 unspecified atom stereocenters. The second-order valence-electron chi connectivity index (χ2n) is 5.97. The summed E-state index contributed by atoms with van der Waals surface area (Å²) in [6.07, 6.45) is 4.18. The zero-order valence-corrected chi connectivity index (χ0v) is 14.0. The Hall–Kier alpha value is -1.36. The largest absolute Gasteiger partial charge is 0.350 e. The molecule has 21 heavy (non-hydrogen) atoms. The summed E-state index contributed by atoms with van der Waals surface area (Å²) in [5.74, 6) is 0.326. The van der Waals surface area contributed by atoms with E-state index >= 15 is 0 Å². The Morgan fingerprint density at radius 2 is 1.76 bits per heavy atom. The zero-order chi connectivity index (χ0) is 16.0. The lowest BCUT2D eigenvalue weighted by Crippen LogP contribution is -2.33. The summed E-state index contributed by atoms with van der Waals surface area (Å²) in [5, 5.41) is 2.88. The first-order valence-corrected chi connectivity index (χ1v) is 9.21. The van der Waals surface area contributed by atoms with E-state index in [-0.39, 0.29) is 22.4 Å². The van der Waals surface area contributed by atoms with Crippen LogP contribution < -0.4 is 5.32 Å². The van der Waals surface area contributed by atoms with E-state index in [1.807, 2.05) is 6.92 Å². The number of rotatable bonds is 7. The topological polar surface area (TPSA) is 63.2 Å². The van der Waals surface area contributed by atoms with Crippen molar-refractivity contribution in [3.8, 4) is 0 Å². The minimum atomic E-state index is -3.40. The molecule has 0 heterocycles. The van der Waals surface area contributed by atoms with Gasteiger partial charge in [-0.25, -0.2) is 8.42 Å². The monoisotopic (exact) mass is 311 g/mol. The Labute approximate surface area is 127 Å². The molecule has 4 nitrogen and oxygen atoms in total. The Bertz CT molecular complexity index is 579. The fourth-order valence-electron chi connectivity index (χ4n) is 2.18. The van der Waals surface area contributed by atoms with E-state index in [9.17, 15) is 13.2 Å². The summed E-state index contributed by atoms with van der Waals surface area (Å²) in [6.45, 7) is 6.29. The van der Waals surface area contributed by atoms with Crippen molar-refractivity contribution in [3.05, 3.63) is 29.8 Å². The van der Waals surface area contributed by atoms with Crippen LogP contribution >= 0.6 is 0 Å². The van der Waals surface area contributed by atoms with Gasteiger partial charge in [0.15, 0.2) is 9.84 Å². The molecule has 0 radical (unpaired) electrons. The normalized spacial score (nSPS) is 13.2. The molecule has 5 heteroatoms. The summed E-state index contributed by atoms with van der Waals surface area (Å²) in [7, 11) is -3.40. The maximum Gasteiger partial charge on any atom is 0.252 e. The van der Waals surface area contributed by atoms with Gasteiger partial charge < -0.3 is 5.32 Å². The molecule has 0 spiro atoms. The number of sulfone groups is 1. The van der Waals surface area contributed by atoms with E-state index in [1.54, 1.807) is 18.2 Å². The van der Waals surface area contributed by atoms with E-state index in [0.29, 0.717) is 5.92 Å². The van der Waals surface area contributed by atoms with Crippen molar-refractivity contribution in [2.45, 2.75) is 51.0 Å². The third-order valence-electron chi connectivity index (χ3n) is 3.33. The molecule has 1 rings (SSSR count). The molecule has 0 aliphatic heterocycles. The summed E-state index contributed by atoms with van der Waals surface area (Å²) >= 11 is 0. The highest BCUT2D eigenvalue weighted by atomic mass is 32.2. The highest BCUT2D eigenvalue weighted by molar-refractivity contribution is 7.90. The lowest BCUT2D eigenvalue weighted by Gasteiger charge is -2.15. The predicted octanol–water partition coefficient (Wildman–Crippen LogP) is 3.03. The molecule has 0 saturated carbocycles. The van der Waals surface area contributed by atoms with E-state index in [0.717, 1.165) is 25.5 Å². The lowest BCUT2D eigenvalue weighted by atomic mass is 10.0. The van der Waals surface area contributed by atoms with Gasteiger partial charge in [0.25, 0.3) is 5.91 Å². The Kier molecular flexibility index (Phi) is 6.40. The average Bonchev–Trinajstić information content (AvgIpc) is 2.37. The van der Waals surface area contributed by atoms with Gasteiger partial charge in [0.1, 0.15) is 0 Å². The number of nitrogens with one attached hydrogen (secondary N) is 1. The van der Waals surface area contributed by atoms with Gasteiger partial charge in [0.2, 0.25) is 0 Å². The average molecular weight is 311 g/mol. The van der Waals surface area contributed by atoms with Crippen LogP contribution in [0.3, 0.4) is 0 Å². The second-order valence-corrected chi connectivity index (χ2v) is 7.95. The van der Waals surface area contributed by atoms with Gasteiger partial charge in [-0.3, -0.25) is 4.79 Å². The number of carbonyl (C=O) groups is 1. The van der Waals surface area contributed by atoms with Crippen molar-refractivity contribution in [2.24, 2.45) is 5.92 Å². The summed E-state index contributed by atoms with van der Waals surface area (Å²) in [4.78, 5) is 12.3. The Morgan fingerprint density at radius 3 is 2.33 bits per heavy atom. The maximum atomic E-state index is 12.2. The van der Waals surface area contributed by atoms with Crippen LogP contribution in [-0.2, 0) is 9.84 Å². The first kappa shape index (κ1) is 17.7. The van der Waals surface area contributed by atoms with E-state index < -0.39 is 9.84 Å². The number of carbonyl (C=O) groups excluding carboxylic acids is 1. The number of hydrogen-bond donors (Lipinski definition) is 1. The van der Waals surface area contributed by atoms with Gasteiger partial charge in [-0.1, -0.05) is 38.8 Å². The predicted molar refractivity (Wildman–Crippen MR) is 85.2 cm³/mol. The molecule has 1 aromatic rings. The third-order valence-corrected chi connectivity index (χ3v) is 4.48. The van der Waals surface area contributed by atoms with Gasteiger partial charge in [0, 0.05) is 12.3 Å². The van der Waals surface area contributed by atoms with Crippen molar-refractivity contribution < 1.29 is 13.2 Å². The van der Waals surface area contributed by atoms with Gasteiger partial charge in [-0.2, -0.15) is 0 Å². The van der Waals surface area contributed by atoms with Gasteiger partial charge in [0.05, 0.1) is 10.5 Å². The van der Waals surface area contributed by atoms with Crippen molar-refractivity contribution >= 4 is 15.7 Å². The number of benzene rings is 1. The fraction of sp³-hybridized carbons (Fsp3) is 0.562. The van der Waals surface area contributed by atoms with E-state index in [1.165, 1.54) is 6.07 Å². The summed E-state index contributed by atoms with van der Waals surface area (Å²) in [6, 6.07) is 6.34. The van der Waals surface area contributed by atoms with Gasteiger partial charge in [-0.15, -0.1) is 0 Å². The lowest BCUT2D eigenvalue weighted by molar-refractivity contribution is 0.0934. The van der Waals surface area contributed by atoms with Crippen LogP contribution in [0.1, 0.15) is 50.4 Å². The zero-order valence-electron chi connectivity index (χ0n) is 13.2. The molecule has 0 aliphatic carbocycles. The fourth-order valence-corrected chi connectivity index (χ4v) is 3.07. The first-order chi connectivity index (χ1) is 9.71. The quantitative estimate of drug-likeness (QED) is 0.842. The molecule has 1 atom stereocenters. The van der Waals surface area contributed by atoms with Crippen LogP contribution in [0.4, 0.5) is 0 Å². The van der Waals surface area contributed by atoms with Crippen LogP contribution in [0.2, 0.25) is 0 Å². The molecule has 1 amide bonds. The maximum absolute atomic E-state index is 12.2. The molecular formula is C16H25NO3S. The molecule has 0 fully saturated rings. The molecule has 118 valence electrons. The first-order valence-electron chi connectivity index (χ1n) is 7.31. The molecule has 0 aliphatic rings. The van der Waals surface area contributed by atoms with Crippen LogP contribution in [0, 0.1) is 5.92 Å². The molecule has 0 saturated heterocycles. The highest BCUT2D eigenvalue weighted by Crippen LogP contribution is 2.16. The van der Waals surface area contributed by atoms with Crippen LogP contribution in [0.25, 0.3) is 0 Å². The van der Waals surface area contributed by atoms with Crippen LogP contribution in [0.15, 0.2) is 29.2 Å². The standard InChI is InChI=1S/C16H25NO3S/c1-12(2)8-7-9-13(3)17-16(18)14-10-5-6-11-15(14)21(4,19)20/h5-6,10-13H,7-9H2,1-4H3,(H,17,18)/t13-/m0/s1. The molecule has 1 N–H and O–H groups in total. The number of amides is 1. The molecule has 0 bridgehead atoms. The SMILES string of the molecule is CC(C)CCC[C@H](C)NC(=O)c1ccccc1S(C)(=O)=O. The second kappa shape index (κ2) is 7.59. The van der Waals surface area contributed by atoms with Crippen molar-refractivity contribution in [1.82, 2.24) is 5.32 Å². The van der Waals surface area contributed by atoms with Crippen molar-refractivity contribution in [2.75, 3.05) is 6.26 Å². The van der Waals surface area contributed by atoms with Gasteiger partial charge >= 0.3 is 0 Å². The third kappa shape index (κ3) is 5.87. The summed E-state index contributed by atoms with van der Waals surface area (Å²) in [5.41, 5.74) is 0.218. The highest BCUT2D eigenvalue weighted by Gasteiger charge is 2.19. The van der Waals surface area contributed by atoms with Crippen LogP contribution in [-0.4, -0.2) is 26.6 Å². The Morgan fingerprint density at radius 1 is 1.14 bits per heavy atom. The minimum absolute atomic E-state index is 0.0314. The molecule has 1 aromatic carbocycles. The molecule has 0 aromatic heterocycles.